The average Bonchev–Trinajstić information content (AvgIpc) is 3.17. The third kappa shape index (κ3) is 7.48. The first-order valence-corrected chi connectivity index (χ1v) is 11.8. The Morgan fingerprint density at radius 3 is 2.58 bits per heavy atom. The van der Waals surface area contributed by atoms with E-state index >= 15 is 0 Å². The van der Waals surface area contributed by atoms with E-state index in [-0.39, 0.29) is 18.3 Å². The summed E-state index contributed by atoms with van der Waals surface area (Å²) < 4.78 is 12.7. The van der Waals surface area contributed by atoms with E-state index in [2.05, 4.69) is 48.0 Å². The summed E-state index contributed by atoms with van der Waals surface area (Å²) in [7, 11) is 0. The van der Waals surface area contributed by atoms with Crippen molar-refractivity contribution < 1.29 is 14.3 Å². The first-order valence-electron chi connectivity index (χ1n) is 9.84. The third-order valence-electron chi connectivity index (χ3n) is 4.17. The van der Waals surface area contributed by atoms with Crippen LogP contribution in [0.25, 0.3) is 0 Å². The van der Waals surface area contributed by atoms with Crippen molar-refractivity contribution in [3.8, 4) is 5.75 Å². The standard InChI is InChI=1S/C23H25N3O3S2/c1-3-13-26-21(16-30-20-11-9-18(2)10-12-20)24-25-23(26)31-17-22(27)29-15-14-28-19-7-5-4-6-8-19/h3-12H,1,13-17H2,2H3. The van der Waals surface area contributed by atoms with Crippen LogP contribution in [0.2, 0.25) is 0 Å². The van der Waals surface area contributed by atoms with E-state index in [0.29, 0.717) is 24.1 Å². The zero-order valence-electron chi connectivity index (χ0n) is 17.4. The number of allylic oxidation sites excluding steroid dienone is 1. The number of nitrogens with zero attached hydrogens (tertiary/aromatic N) is 3. The van der Waals surface area contributed by atoms with Crippen LogP contribution in [0.3, 0.4) is 0 Å². The number of carbonyl (C=O) groups excluding carboxylic acids is 1. The van der Waals surface area contributed by atoms with Crippen LogP contribution in [0.1, 0.15) is 11.4 Å². The van der Waals surface area contributed by atoms with Crippen LogP contribution in [0.5, 0.6) is 5.75 Å². The summed E-state index contributed by atoms with van der Waals surface area (Å²) in [4.78, 5) is 13.2. The summed E-state index contributed by atoms with van der Waals surface area (Å²) in [5, 5.41) is 9.23. The van der Waals surface area contributed by atoms with Crippen molar-refractivity contribution in [1.29, 1.82) is 0 Å². The highest BCUT2D eigenvalue weighted by Crippen LogP contribution is 2.25. The Bertz CT molecular complexity index is 975. The molecule has 0 aliphatic carbocycles. The molecular formula is C23H25N3O3S2. The minimum absolute atomic E-state index is 0.158. The van der Waals surface area contributed by atoms with E-state index in [9.17, 15) is 4.79 Å². The smallest absolute Gasteiger partial charge is 0.316 e. The van der Waals surface area contributed by atoms with Crippen molar-refractivity contribution in [3.05, 3.63) is 78.6 Å². The van der Waals surface area contributed by atoms with Crippen LogP contribution in [0.4, 0.5) is 0 Å². The molecule has 0 amide bonds. The van der Waals surface area contributed by atoms with Crippen LogP contribution in [0.15, 0.2) is 77.3 Å². The van der Waals surface area contributed by atoms with E-state index in [1.54, 1.807) is 17.8 Å². The average molecular weight is 456 g/mol. The molecule has 0 fully saturated rings. The van der Waals surface area contributed by atoms with Crippen molar-refractivity contribution in [2.45, 2.75) is 29.3 Å². The molecule has 1 heterocycles. The molecule has 3 aromatic rings. The molecule has 0 unspecified atom stereocenters. The van der Waals surface area contributed by atoms with Crippen LogP contribution in [-0.4, -0.2) is 39.7 Å². The van der Waals surface area contributed by atoms with Gasteiger partial charge in [-0.05, 0) is 31.2 Å². The zero-order valence-corrected chi connectivity index (χ0v) is 19.0. The Morgan fingerprint density at radius 2 is 1.84 bits per heavy atom. The van der Waals surface area contributed by atoms with Crippen LogP contribution in [-0.2, 0) is 21.8 Å². The lowest BCUT2D eigenvalue weighted by Crippen LogP contribution is -2.14. The molecule has 0 aliphatic heterocycles. The molecule has 0 radical (unpaired) electrons. The van der Waals surface area contributed by atoms with Crippen molar-refractivity contribution in [2.75, 3.05) is 19.0 Å². The number of esters is 1. The van der Waals surface area contributed by atoms with Gasteiger partial charge in [-0.15, -0.1) is 28.5 Å². The lowest BCUT2D eigenvalue weighted by Gasteiger charge is -2.09. The SMILES string of the molecule is C=CCn1c(CSc2ccc(C)cc2)nnc1SCC(=O)OCCOc1ccccc1. The van der Waals surface area contributed by atoms with E-state index < -0.39 is 0 Å². The lowest BCUT2D eigenvalue weighted by molar-refractivity contribution is -0.141. The number of benzene rings is 2. The quantitative estimate of drug-likeness (QED) is 0.168. The van der Waals surface area contributed by atoms with Gasteiger partial charge in [-0.3, -0.25) is 4.79 Å². The summed E-state index contributed by atoms with van der Waals surface area (Å²) >= 11 is 3.01. The molecule has 0 atom stereocenters. The van der Waals surface area contributed by atoms with Gasteiger partial charge in [0.15, 0.2) is 5.16 Å². The first-order chi connectivity index (χ1) is 15.2. The normalized spacial score (nSPS) is 10.6. The molecule has 6 nitrogen and oxygen atoms in total. The fourth-order valence-electron chi connectivity index (χ4n) is 2.62. The minimum Gasteiger partial charge on any atom is -0.490 e. The molecule has 31 heavy (non-hydrogen) atoms. The summed E-state index contributed by atoms with van der Waals surface area (Å²) in [6.45, 7) is 6.98. The molecule has 8 heteroatoms. The monoisotopic (exact) mass is 455 g/mol. The number of hydrogen-bond donors (Lipinski definition) is 0. The van der Waals surface area contributed by atoms with E-state index in [0.717, 1.165) is 11.6 Å². The Hall–Kier alpha value is -2.71. The fraction of sp³-hybridized carbons (Fsp3) is 0.261. The maximum atomic E-state index is 12.1. The molecule has 0 N–H and O–H groups in total. The van der Waals surface area contributed by atoms with Gasteiger partial charge in [0.1, 0.15) is 24.8 Å². The number of para-hydroxylation sites is 1. The minimum atomic E-state index is -0.314. The van der Waals surface area contributed by atoms with Gasteiger partial charge in [-0.1, -0.05) is 53.7 Å². The summed E-state index contributed by atoms with van der Waals surface area (Å²) in [5.41, 5.74) is 1.23. The number of rotatable bonds is 12. The molecule has 2 aromatic carbocycles. The second-order valence-electron chi connectivity index (χ2n) is 6.57. The van der Waals surface area contributed by atoms with Crippen LogP contribution in [0, 0.1) is 6.92 Å². The van der Waals surface area contributed by atoms with Crippen molar-refractivity contribution in [2.24, 2.45) is 0 Å². The molecule has 0 bridgehead atoms. The van der Waals surface area contributed by atoms with Gasteiger partial charge in [-0.2, -0.15) is 0 Å². The zero-order chi connectivity index (χ0) is 21.9. The van der Waals surface area contributed by atoms with Crippen LogP contribution < -0.4 is 4.74 Å². The second kappa shape index (κ2) is 12.2. The van der Waals surface area contributed by atoms with Gasteiger partial charge in [0, 0.05) is 11.4 Å². The molecule has 162 valence electrons. The van der Waals surface area contributed by atoms with Gasteiger partial charge in [0.05, 0.1) is 11.5 Å². The molecule has 0 saturated carbocycles. The van der Waals surface area contributed by atoms with Crippen LogP contribution >= 0.6 is 23.5 Å². The van der Waals surface area contributed by atoms with E-state index in [1.165, 1.54) is 22.2 Å². The maximum Gasteiger partial charge on any atom is 0.316 e. The van der Waals surface area contributed by atoms with Gasteiger partial charge < -0.3 is 14.0 Å². The van der Waals surface area contributed by atoms with Gasteiger partial charge in [0.25, 0.3) is 0 Å². The number of ether oxygens (including phenoxy) is 2. The predicted molar refractivity (Wildman–Crippen MR) is 125 cm³/mol. The summed E-state index contributed by atoms with van der Waals surface area (Å²) in [5.74, 6) is 2.13. The van der Waals surface area contributed by atoms with E-state index in [1.807, 2.05) is 34.9 Å². The van der Waals surface area contributed by atoms with Gasteiger partial charge >= 0.3 is 5.97 Å². The third-order valence-corrected chi connectivity index (χ3v) is 6.12. The Labute approximate surface area is 191 Å². The topological polar surface area (TPSA) is 66.2 Å². The van der Waals surface area contributed by atoms with Gasteiger partial charge in [0.2, 0.25) is 0 Å². The maximum absolute atomic E-state index is 12.1. The largest absolute Gasteiger partial charge is 0.490 e. The van der Waals surface area contributed by atoms with Crippen molar-refractivity contribution >= 4 is 29.5 Å². The Morgan fingerprint density at radius 1 is 1.06 bits per heavy atom. The highest BCUT2D eigenvalue weighted by Gasteiger charge is 2.14. The van der Waals surface area contributed by atoms with E-state index in [4.69, 9.17) is 9.47 Å². The first kappa shape index (κ1) is 23.0. The molecule has 1 aromatic heterocycles. The molecule has 0 saturated heterocycles. The number of hydrogen-bond acceptors (Lipinski definition) is 7. The fourth-order valence-corrected chi connectivity index (χ4v) is 4.23. The Kier molecular flexibility index (Phi) is 9.05. The lowest BCUT2D eigenvalue weighted by atomic mass is 10.2. The molecular weight excluding hydrogens is 430 g/mol. The highest BCUT2D eigenvalue weighted by atomic mass is 32.2. The number of aromatic nitrogens is 3. The molecule has 3 rings (SSSR count). The molecule has 0 aliphatic rings. The second-order valence-corrected chi connectivity index (χ2v) is 8.56. The van der Waals surface area contributed by atoms with Gasteiger partial charge in [-0.25, -0.2) is 0 Å². The Balaban J connectivity index is 1.46. The number of aryl methyl sites for hydroxylation is 1. The predicted octanol–water partition coefficient (Wildman–Crippen LogP) is 4.78. The van der Waals surface area contributed by atoms with Crippen molar-refractivity contribution in [1.82, 2.24) is 14.8 Å². The summed E-state index contributed by atoms with van der Waals surface area (Å²) in [6, 6.07) is 17.8. The number of carbonyl (C=O) groups is 1. The summed E-state index contributed by atoms with van der Waals surface area (Å²) in [6.07, 6.45) is 1.80. The highest BCUT2D eigenvalue weighted by molar-refractivity contribution is 7.99. The molecule has 0 spiro atoms. The number of thioether (sulfide) groups is 2. The van der Waals surface area contributed by atoms with Crippen molar-refractivity contribution in [3.63, 3.8) is 0 Å².